The van der Waals surface area contributed by atoms with Crippen LogP contribution in [0, 0.1) is 0 Å². The zero-order valence-electron chi connectivity index (χ0n) is 11.6. The predicted octanol–water partition coefficient (Wildman–Crippen LogP) is 1.26. The molecule has 1 fully saturated rings. The minimum Gasteiger partial charge on any atom is -0.309 e. The van der Waals surface area contributed by atoms with Crippen molar-refractivity contribution < 1.29 is 0 Å². The van der Waals surface area contributed by atoms with Crippen LogP contribution in [0.15, 0.2) is 10.9 Å². The van der Waals surface area contributed by atoms with Crippen LogP contribution in [0.25, 0.3) is 0 Å². The highest BCUT2D eigenvalue weighted by atomic mass is 32.1. The lowest BCUT2D eigenvalue weighted by molar-refractivity contribution is 0.0617. The molecule has 2 rings (SSSR count). The maximum atomic E-state index is 4.29. The Morgan fingerprint density at radius 2 is 2.06 bits per heavy atom. The minimum absolute atomic E-state index is 0.220. The van der Waals surface area contributed by atoms with Crippen molar-refractivity contribution in [2.45, 2.75) is 25.9 Å². The van der Waals surface area contributed by atoms with E-state index in [9.17, 15) is 0 Å². The highest BCUT2D eigenvalue weighted by molar-refractivity contribution is 7.07. The average molecular weight is 268 g/mol. The number of hydrogen-bond donors (Lipinski definition) is 1. The molecule has 18 heavy (non-hydrogen) atoms. The molecule has 0 unspecified atom stereocenters. The van der Waals surface area contributed by atoms with Crippen molar-refractivity contribution in [3.8, 4) is 0 Å². The van der Waals surface area contributed by atoms with Crippen LogP contribution in [0.4, 0.5) is 0 Å². The zero-order valence-corrected chi connectivity index (χ0v) is 12.5. The molecule has 0 atom stereocenters. The van der Waals surface area contributed by atoms with Gasteiger partial charge in [0.1, 0.15) is 0 Å². The van der Waals surface area contributed by atoms with Crippen molar-refractivity contribution in [2.24, 2.45) is 0 Å². The lowest BCUT2D eigenvalue weighted by Gasteiger charge is -2.43. The van der Waals surface area contributed by atoms with Gasteiger partial charge in [-0.2, -0.15) is 0 Å². The van der Waals surface area contributed by atoms with Crippen LogP contribution in [0.1, 0.15) is 19.5 Å². The third-order valence-electron chi connectivity index (χ3n) is 3.71. The number of nitrogens with one attached hydrogen (secondary N) is 1. The van der Waals surface area contributed by atoms with Crippen molar-refractivity contribution in [2.75, 3.05) is 39.8 Å². The fourth-order valence-corrected chi connectivity index (χ4v) is 2.90. The number of aromatic nitrogens is 1. The summed E-state index contributed by atoms with van der Waals surface area (Å²) in [6, 6.07) is 0. The van der Waals surface area contributed by atoms with Crippen molar-refractivity contribution >= 4 is 11.3 Å². The zero-order chi connectivity index (χ0) is 13.0. The normalized spacial score (nSPS) is 19.3. The lowest BCUT2D eigenvalue weighted by atomic mass is 10.0. The van der Waals surface area contributed by atoms with Crippen LogP contribution >= 0.6 is 11.3 Å². The van der Waals surface area contributed by atoms with Crippen molar-refractivity contribution in [3.63, 3.8) is 0 Å². The first-order valence-corrected chi connectivity index (χ1v) is 7.53. The van der Waals surface area contributed by atoms with E-state index in [1.165, 1.54) is 26.2 Å². The Hall–Kier alpha value is -0.490. The molecule has 1 aromatic heterocycles. The summed E-state index contributed by atoms with van der Waals surface area (Å²) in [5.41, 5.74) is 3.26. The summed E-state index contributed by atoms with van der Waals surface area (Å²) in [7, 11) is 2.20. The van der Waals surface area contributed by atoms with E-state index in [2.05, 4.69) is 46.4 Å². The van der Waals surface area contributed by atoms with E-state index in [0.29, 0.717) is 0 Å². The Kier molecular flexibility index (Phi) is 4.72. The first-order chi connectivity index (χ1) is 8.58. The molecular formula is C13H24N4S. The van der Waals surface area contributed by atoms with Crippen molar-refractivity contribution in [1.29, 1.82) is 0 Å². The number of piperazine rings is 1. The second-order valence-corrected chi connectivity index (χ2v) is 6.40. The third-order valence-corrected chi connectivity index (χ3v) is 4.34. The van der Waals surface area contributed by atoms with E-state index in [1.54, 1.807) is 11.3 Å². The Labute approximate surface area is 114 Å². The Balaban J connectivity index is 1.76. The van der Waals surface area contributed by atoms with Gasteiger partial charge in [-0.1, -0.05) is 0 Å². The Morgan fingerprint density at radius 1 is 1.33 bits per heavy atom. The van der Waals surface area contributed by atoms with Crippen LogP contribution in [-0.2, 0) is 6.54 Å². The summed E-state index contributed by atoms with van der Waals surface area (Å²) in [5.74, 6) is 0. The first kappa shape index (κ1) is 13.9. The molecule has 1 aliphatic rings. The summed E-state index contributed by atoms with van der Waals surface area (Å²) in [6.07, 6.45) is 0. The maximum absolute atomic E-state index is 4.29. The predicted molar refractivity (Wildman–Crippen MR) is 77.0 cm³/mol. The number of hydrogen-bond acceptors (Lipinski definition) is 5. The smallest absolute Gasteiger partial charge is 0.0795 e. The summed E-state index contributed by atoms with van der Waals surface area (Å²) >= 11 is 1.66. The lowest BCUT2D eigenvalue weighted by Crippen LogP contribution is -2.57. The second kappa shape index (κ2) is 6.10. The quantitative estimate of drug-likeness (QED) is 0.871. The van der Waals surface area contributed by atoms with E-state index in [-0.39, 0.29) is 5.54 Å². The standard InChI is InChI=1S/C13H24N4S/c1-13(2,17-6-4-16(3)5-7-17)10-14-8-12-9-18-11-15-12/h9,11,14H,4-8,10H2,1-3H3. The molecule has 1 N–H and O–H groups in total. The molecule has 0 aromatic carbocycles. The number of rotatable bonds is 5. The average Bonchev–Trinajstić information content (AvgIpc) is 2.82. The maximum Gasteiger partial charge on any atom is 0.0795 e. The van der Waals surface area contributed by atoms with E-state index in [1.807, 2.05) is 5.51 Å². The molecule has 0 spiro atoms. The third kappa shape index (κ3) is 3.75. The topological polar surface area (TPSA) is 31.4 Å². The van der Waals surface area contributed by atoms with Gasteiger partial charge in [-0.05, 0) is 20.9 Å². The number of thiazole rings is 1. The van der Waals surface area contributed by atoms with E-state index in [0.717, 1.165) is 18.8 Å². The molecule has 0 bridgehead atoms. The molecule has 1 aliphatic heterocycles. The highest BCUT2D eigenvalue weighted by Gasteiger charge is 2.28. The van der Waals surface area contributed by atoms with Gasteiger partial charge >= 0.3 is 0 Å². The molecule has 5 heteroatoms. The van der Waals surface area contributed by atoms with Crippen LogP contribution in [0.5, 0.6) is 0 Å². The molecule has 2 heterocycles. The largest absolute Gasteiger partial charge is 0.309 e. The second-order valence-electron chi connectivity index (χ2n) is 5.69. The van der Waals surface area contributed by atoms with E-state index < -0.39 is 0 Å². The Bertz CT molecular complexity index is 342. The monoisotopic (exact) mass is 268 g/mol. The fourth-order valence-electron chi connectivity index (χ4n) is 2.34. The van der Waals surface area contributed by atoms with Crippen LogP contribution in [0.2, 0.25) is 0 Å². The summed E-state index contributed by atoms with van der Waals surface area (Å²) in [6.45, 7) is 11.2. The van der Waals surface area contributed by atoms with Crippen LogP contribution in [0.3, 0.4) is 0 Å². The van der Waals surface area contributed by atoms with Gasteiger partial charge in [0.2, 0.25) is 0 Å². The van der Waals surface area contributed by atoms with Gasteiger partial charge in [-0.3, -0.25) is 4.90 Å². The van der Waals surface area contributed by atoms with Gasteiger partial charge in [0, 0.05) is 50.2 Å². The molecule has 102 valence electrons. The van der Waals surface area contributed by atoms with Crippen molar-refractivity contribution in [3.05, 3.63) is 16.6 Å². The SMILES string of the molecule is CN1CCN(C(C)(C)CNCc2cscn2)CC1. The molecule has 0 aliphatic carbocycles. The van der Waals surface area contributed by atoms with Crippen molar-refractivity contribution in [1.82, 2.24) is 20.1 Å². The molecule has 4 nitrogen and oxygen atoms in total. The fraction of sp³-hybridized carbons (Fsp3) is 0.769. The number of nitrogens with zero attached hydrogens (tertiary/aromatic N) is 3. The van der Waals surface area contributed by atoms with Crippen LogP contribution in [-0.4, -0.2) is 60.1 Å². The van der Waals surface area contributed by atoms with Gasteiger partial charge in [0.15, 0.2) is 0 Å². The highest BCUT2D eigenvalue weighted by Crippen LogP contribution is 2.15. The van der Waals surface area contributed by atoms with Gasteiger partial charge in [0.05, 0.1) is 11.2 Å². The van der Waals surface area contributed by atoms with Gasteiger partial charge in [-0.25, -0.2) is 4.98 Å². The minimum atomic E-state index is 0.220. The summed E-state index contributed by atoms with van der Waals surface area (Å²) in [5, 5.41) is 5.63. The molecule has 1 aromatic rings. The first-order valence-electron chi connectivity index (χ1n) is 6.59. The molecular weight excluding hydrogens is 244 g/mol. The summed E-state index contributed by atoms with van der Waals surface area (Å²) < 4.78 is 0. The summed E-state index contributed by atoms with van der Waals surface area (Å²) in [4.78, 5) is 9.28. The molecule has 0 radical (unpaired) electrons. The van der Waals surface area contributed by atoms with E-state index >= 15 is 0 Å². The van der Waals surface area contributed by atoms with Crippen LogP contribution < -0.4 is 5.32 Å². The molecule has 1 saturated heterocycles. The number of likely N-dealkylation sites (N-methyl/N-ethyl adjacent to an activating group) is 1. The van der Waals surface area contributed by atoms with Gasteiger partial charge in [0.25, 0.3) is 0 Å². The molecule has 0 saturated carbocycles. The van der Waals surface area contributed by atoms with Gasteiger partial charge < -0.3 is 10.2 Å². The molecule has 0 amide bonds. The van der Waals surface area contributed by atoms with Gasteiger partial charge in [-0.15, -0.1) is 11.3 Å². The van der Waals surface area contributed by atoms with E-state index in [4.69, 9.17) is 0 Å². The Morgan fingerprint density at radius 3 is 2.67 bits per heavy atom.